The van der Waals surface area contributed by atoms with Crippen LogP contribution < -0.4 is 28.7 Å². The van der Waals surface area contributed by atoms with Crippen molar-refractivity contribution in [3.8, 4) is 23.0 Å². The number of pyridine rings is 2. The molecule has 20 rings (SSSR count). The monoisotopic (exact) mass is 1810 g/mol. The van der Waals surface area contributed by atoms with E-state index in [1.54, 1.807) is 76.4 Å². The number of sulfonamides is 2. The van der Waals surface area contributed by atoms with E-state index >= 15 is 0 Å². The number of H-pyrrole nitrogens is 2. The molecule has 0 atom stereocenters. The Labute approximate surface area is 750 Å². The lowest BCUT2D eigenvalue weighted by Crippen LogP contribution is -2.47. The zero-order valence-corrected chi connectivity index (χ0v) is 74.0. The Balaban J connectivity index is 0.000000167. The lowest BCUT2D eigenvalue weighted by Gasteiger charge is -2.47. The Bertz CT molecular complexity index is 6290. The number of non-ortho nitro benzene ring substituents is 2. The van der Waals surface area contributed by atoms with Gasteiger partial charge in [0, 0.05) is 172 Å². The van der Waals surface area contributed by atoms with E-state index in [4.69, 9.17) is 37.4 Å². The Hall–Kier alpha value is -11.6. The molecular weight excluding hydrogens is 1710 g/mol. The van der Waals surface area contributed by atoms with Crippen molar-refractivity contribution < 1.29 is 50.5 Å². The van der Waals surface area contributed by atoms with E-state index in [2.05, 4.69) is 83.3 Å². The first kappa shape index (κ1) is 85.8. The van der Waals surface area contributed by atoms with Crippen LogP contribution in [0.15, 0.2) is 192 Å². The molecule has 0 bridgehead atoms. The number of nitrogens with zero attached hydrogens (tertiary/aromatic N) is 12. The van der Waals surface area contributed by atoms with Crippen LogP contribution in [0, 0.1) is 42.9 Å². The second kappa shape index (κ2) is 36.2. The SMILES string of the molecule is O=C(NS(=O)(=O)c1cc([N+](=O)[O-])c2c(c1)ncn2CC1CCCCC1)c1ccc(N2CCN(CC3=C(c4ccc(Cl)cc4)CC4(CCC4)CC3)CC2)cc1Oc1cnc2[nH]ccc2c1.O=C(NS(=O)(=O)c1cc([N+](=O)[O-])c2nn(CC3CCOCC3)cc2c1)c1ccc(N2CCN(CC3=C(c4ccc(Cl)cc4)CC4(CCC4)CC3)CC2)cc1Oc1cnc2[nH]ccc2c1. The molecule has 8 aliphatic rings. The number of benzene rings is 6. The first-order valence-electron chi connectivity index (χ1n) is 44.4. The standard InChI is InChI=1S/C48H51ClN8O6S.C47H49ClN8O7S/c49-36-9-7-33(8-10-36)41-27-48(15-4-16-48)17-13-35(41)30-54-19-21-55(22-20-54)37-11-12-40(44(24-37)63-38-23-34-14-18-50-46(34)51-28-38)47(58)53-64(61,62)39-25-42-45(43(26-39)57(59)60)56(31-52-42)29-32-5-2-1-3-6-32;48-36-4-2-32(3-5-36)41-26-47(12-1-13-47)14-8-34(41)29-53-16-18-54(19-17-53)37-6-7-40(43(24-37)63-38-22-33-9-15-49-45(33)50-27-38)46(57)52-64(60,61)39-23-35-30-55(28-31-10-20-62-21-11-31)51-44(35)42(25-39)56(58)59/h7-12,14,18,23-26,28,31-32H,1-6,13,15-17,19-22,27,29-30H2,(H,50,51)(H,53,58);2-7,9,15,22-25,27,30-31H,1,8,10-14,16-21,26,28-29H2,(H,49,50)(H,52,57). The Morgan fingerprint density at radius 2 is 1.02 bits per heavy atom. The van der Waals surface area contributed by atoms with Crippen molar-refractivity contribution >= 4 is 133 Å². The lowest BCUT2D eigenvalue weighted by molar-refractivity contribution is -0.383. The third-order valence-corrected chi connectivity index (χ3v) is 30.8. The molecule has 12 aromatic rings. The van der Waals surface area contributed by atoms with Crippen LogP contribution in [0.2, 0.25) is 10.0 Å². The highest BCUT2D eigenvalue weighted by Gasteiger charge is 2.43. The summed E-state index contributed by atoms with van der Waals surface area (Å²) >= 11 is 12.6. The minimum absolute atomic E-state index is 0.0318. The molecule has 33 heteroatoms. The number of nitro benzene ring substituents is 2. The molecule has 0 unspecified atom stereocenters. The summed E-state index contributed by atoms with van der Waals surface area (Å²) in [6, 6.07) is 38.6. The average Bonchev–Trinajstić information content (AvgIpc) is 1.32. The van der Waals surface area contributed by atoms with Gasteiger partial charge in [0.05, 0.1) is 55.0 Å². The predicted octanol–water partition coefficient (Wildman–Crippen LogP) is 18.6. The summed E-state index contributed by atoms with van der Waals surface area (Å²) in [5.41, 5.74) is 11.9. The van der Waals surface area contributed by atoms with E-state index in [1.807, 2.05) is 36.4 Å². The van der Waals surface area contributed by atoms with Crippen LogP contribution in [0.25, 0.3) is 55.1 Å². The first-order valence-corrected chi connectivity index (χ1v) is 48.1. The van der Waals surface area contributed by atoms with Gasteiger partial charge >= 0.3 is 0 Å². The lowest BCUT2D eigenvalue weighted by atomic mass is 9.59. The van der Waals surface area contributed by atoms with E-state index in [-0.39, 0.29) is 56.2 Å². The molecule has 9 heterocycles. The molecule has 6 aromatic heterocycles. The average molecular weight is 1810 g/mol. The predicted molar refractivity (Wildman–Crippen MR) is 492 cm³/mol. The Kier molecular flexibility index (Phi) is 24.2. The van der Waals surface area contributed by atoms with E-state index < -0.39 is 57.2 Å². The molecule has 5 aliphatic carbocycles. The van der Waals surface area contributed by atoms with Crippen molar-refractivity contribution in [3.05, 3.63) is 234 Å². The van der Waals surface area contributed by atoms with Gasteiger partial charge in [0.2, 0.25) is 0 Å². The number of piperazine rings is 2. The van der Waals surface area contributed by atoms with Gasteiger partial charge in [-0.05, 0) is 220 Å². The quantitative estimate of drug-likeness (QED) is 0.0322. The van der Waals surface area contributed by atoms with Crippen molar-refractivity contribution in [1.82, 2.24) is 58.5 Å². The number of halogens is 2. The van der Waals surface area contributed by atoms with Crippen LogP contribution in [0.5, 0.6) is 23.0 Å². The normalized spacial score (nSPS) is 18.4. The van der Waals surface area contributed by atoms with Crippen molar-refractivity contribution in [1.29, 1.82) is 0 Å². The second-order valence-electron chi connectivity index (χ2n) is 35.9. The summed E-state index contributed by atoms with van der Waals surface area (Å²) in [4.78, 5) is 79.5. The number of allylic oxidation sites excluding steroid dienone is 2. The molecule has 0 radical (unpaired) electrons. The highest BCUT2D eigenvalue weighted by Crippen LogP contribution is 2.57. The van der Waals surface area contributed by atoms with E-state index in [9.17, 15) is 46.7 Å². The molecule has 6 aromatic carbocycles. The number of carbonyl (C=O) groups is 2. The summed E-state index contributed by atoms with van der Waals surface area (Å²) in [5.74, 6) is -0.296. The third-order valence-electron chi connectivity index (χ3n) is 27.7. The number of hydrogen-bond acceptors (Lipinski definition) is 21. The number of fused-ring (bicyclic) bond motifs is 4. The number of imidazole rings is 1. The molecule has 2 amide bonds. The van der Waals surface area contributed by atoms with E-state index in [0.29, 0.717) is 65.8 Å². The number of ether oxygens (including phenoxy) is 3. The van der Waals surface area contributed by atoms with E-state index in [0.717, 1.165) is 174 Å². The number of rotatable bonds is 24. The molecular formula is C95H100Cl2N16O13S2. The molecule has 128 heavy (non-hydrogen) atoms. The van der Waals surface area contributed by atoms with Crippen molar-refractivity contribution in [3.63, 3.8) is 0 Å². The second-order valence-corrected chi connectivity index (χ2v) is 40.1. The molecule has 4 N–H and O–H groups in total. The van der Waals surface area contributed by atoms with E-state index in [1.165, 1.54) is 122 Å². The molecule has 664 valence electrons. The maximum Gasteiger partial charge on any atom is 0.298 e. The van der Waals surface area contributed by atoms with Gasteiger partial charge < -0.3 is 38.5 Å². The van der Waals surface area contributed by atoms with Crippen LogP contribution >= 0.6 is 23.2 Å². The topological polar surface area (TPSA) is 346 Å². The van der Waals surface area contributed by atoms with Crippen LogP contribution in [0.3, 0.4) is 0 Å². The van der Waals surface area contributed by atoms with Gasteiger partial charge in [-0.25, -0.2) is 41.2 Å². The van der Waals surface area contributed by atoms with Crippen LogP contribution in [0.4, 0.5) is 22.7 Å². The van der Waals surface area contributed by atoms with Gasteiger partial charge in [-0.15, -0.1) is 0 Å². The molecule has 3 saturated carbocycles. The van der Waals surface area contributed by atoms with Crippen LogP contribution in [0.1, 0.15) is 154 Å². The van der Waals surface area contributed by atoms with Crippen LogP contribution in [-0.2, 0) is 37.9 Å². The van der Waals surface area contributed by atoms with Gasteiger partial charge in [-0.2, -0.15) is 5.10 Å². The minimum atomic E-state index is -4.62. The Morgan fingerprint density at radius 3 is 1.50 bits per heavy atom. The highest BCUT2D eigenvalue weighted by molar-refractivity contribution is 7.90. The molecule has 2 spiro atoms. The van der Waals surface area contributed by atoms with Crippen molar-refractivity contribution in [2.45, 2.75) is 145 Å². The fraction of sp³-hybridized carbons (Fsp3) is 0.389. The maximum absolute atomic E-state index is 14.1. The minimum Gasteiger partial charge on any atom is -0.455 e. The van der Waals surface area contributed by atoms with Gasteiger partial charge in [-0.1, -0.05) is 90.7 Å². The summed E-state index contributed by atoms with van der Waals surface area (Å²) in [5, 5.41) is 32.4. The molecule has 29 nitrogen and oxygen atoms in total. The number of amides is 2. The maximum atomic E-state index is 14.1. The van der Waals surface area contributed by atoms with Gasteiger partial charge in [0.15, 0.2) is 5.52 Å². The summed E-state index contributed by atoms with van der Waals surface area (Å²) in [7, 11) is -9.23. The van der Waals surface area contributed by atoms with Gasteiger partial charge in [0.1, 0.15) is 39.8 Å². The number of aromatic amines is 2. The number of anilines is 2. The largest absolute Gasteiger partial charge is 0.455 e. The summed E-state index contributed by atoms with van der Waals surface area (Å²) in [6.45, 7) is 10.4. The highest BCUT2D eigenvalue weighted by atomic mass is 35.5. The summed E-state index contributed by atoms with van der Waals surface area (Å²) < 4.78 is 81.6. The fourth-order valence-corrected chi connectivity index (χ4v) is 22.5. The molecule has 3 saturated heterocycles. The van der Waals surface area contributed by atoms with Gasteiger partial charge in [0.25, 0.3) is 43.2 Å². The zero-order valence-electron chi connectivity index (χ0n) is 70.9. The Morgan fingerprint density at radius 1 is 0.531 bits per heavy atom. The van der Waals surface area contributed by atoms with Crippen LogP contribution in [-0.4, -0.2) is 166 Å². The molecule has 3 aliphatic heterocycles. The van der Waals surface area contributed by atoms with Gasteiger partial charge in [-0.3, -0.25) is 44.3 Å². The van der Waals surface area contributed by atoms with Crippen molar-refractivity contribution in [2.75, 3.05) is 88.5 Å². The smallest absolute Gasteiger partial charge is 0.298 e. The zero-order chi connectivity index (χ0) is 88.0. The first-order chi connectivity index (χ1) is 62.0. The number of aromatic nitrogens is 8. The summed E-state index contributed by atoms with van der Waals surface area (Å²) in [6.07, 6.45) is 31.7. The number of nitro groups is 2. The third kappa shape index (κ3) is 18.6. The fourth-order valence-electron chi connectivity index (χ4n) is 20.2. The number of nitrogens with one attached hydrogen (secondary N) is 4. The molecule has 6 fully saturated rings. The number of hydrogen-bond donors (Lipinski definition) is 4. The number of carbonyl (C=O) groups excluding carboxylic acids is 2. The van der Waals surface area contributed by atoms with Crippen molar-refractivity contribution in [2.24, 2.45) is 22.7 Å².